The number of aromatic nitrogens is 2. The number of anilines is 1. The summed E-state index contributed by atoms with van der Waals surface area (Å²) in [4.78, 5) is 11.0. The molecule has 0 fully saturated rings. The molecule has 0 aliphatic rings. The highest BCUT2D eigenvalue weighted by Gasteiger charge is 2.16. The Morgan fingerprint density at radius 1 is 1.10 bits per heavy atom. The minimum atomic E-state index is 0.194. The fourth-order valence-electron chi connectivity index (χ4n) is 2.11. The second kappa shape index (κ2) is 5.80. The van der Waals surface area contributed by atoms with Crippen LogP contribution in [0.5, 0.6) is 0 Å². The first-order chi connectivity index (χ1) is 9.35. The Bertz CT molecular complexity index is 576. The predicted molar refractivity (Wildman–Crippen MR) is 85.2 cm³/mol. The summed E-state index contributed by atoms with van der Waals surface area (Å²) in [5, 5.41) is 0.467. The van der Waals surface area contributed by atoms with Crippen LogP contribution >= 0.6 is 11.6 Å². The summed E-state index contributed by atoms with van der Waals surface area (Å²) in [7, 11) is 2.03. The smallest absolute Gasteiger partial charge is 0.163 e. The number of halogens is 1. The predicted octanol–water partition coefficient (Wildman–Crippen LogP) is 4.28. The maximum Gasteiger partial charge on any atom is 0.163 e. The van der Waals surface area contributed by atoms with Gasteiger partial charge in [-0.05, 0) is 5.41 Å². The molecule has 0 atom stereocenters. The molecule has 0 N–H and O–H groups in total. The average Bonchev–Trinajstić information content (AvgIpc) is 2.37. The van der Waals surface area contributed by atoms with Crippen molar-refractivity contribution in [3.8, 4) is 11.4 Å². The quantitative estimate of drug-likeness (QED) is 0.790. The topological polar surface area (TPSA) is 29.0 Å². The minimum absolute atomic E-state index is 0.194. The first kappa shape index (κ1) is 14.8. The van der Waals surface area contributed by atoms with Crippen molar-refractivity contribution in [1.82, 2.24) is 9.97 Å². The second-order valence-electron chi connectivity index (χ2n) is 6.16. The summed E-state index contributed by atoms with van der Waals surface area (Å²) in [5.41, 5.74) is 1.17. The molecular weight excluding hydrogens is 270 g/mol. The second-order valence-corrected chi connectivity index (χ2v) is 6.54. The zero-order chi connectivity index (χ0) is 14.8. The standard InChI is InChI=1S/C16H20ClN3/c1-16(2,3)11-20(4)14-10-13(17)18-15(19-14)12-8-6-5-7-9-12/h5-10H,11H2,1-4H3. The van der Waals surface area contributed by atoms with Crippen LogP contribution in [0.1, 0.15) is 20.8 Å². The van der Waals surface area contributed by atoms with E-state index in [0.717, 1.165) is 17.9 Å². The highest BCUT2D eigenvalue weighted by Crippen LogP contribution is 2.24. The highest BCUT2D eigenvalue weighted by molar-refractivity contribution is 6.29. The molecule has 0 saturated heterocycles. The lowest BCUT2D eigenvalue weighted by molar-refractivity contribution is 0.418. The zero-order valence-corrected chi connectivity index (χ0v) is 13.1. The maximum absolute atomic E-state index is 6.14. The third-order valence-corrected chi connectivity index (χ3v) is 3.01. The molecule has 0 spiro atoms. The number of hydrogen-bond acceptors (Lipinski definition) is 3. The van der Waals surface area contributed by atoms with E-state index in [1.165, 1.54) is 0 Å². The van der Waals surface area contributed by atoms with E-state index in [4.69, 9.17) is 11.6 Å². The van der Waals surface area contributed by atoms with Crippen molar-refractivity contribution in [1.29, 1.82) is 0 Å². The number of hydrogen-bond donors (Lipinski definition) is 0. The van der Waals surface area contributed by atoms with E-state index in [1.807, 2.05) is 37.4 Å². The molecule has 20 heavy (non-hydrogen) atoms. The molecule has 0 aliphatic heterocycles. The van der Waals surface area contributed by atoms with Crippen LogP contribution in [-0.2, 0) is 0 Å². The summed E-state index contributed by atoms with van der Waals surface area (Å²) in [6, 6.07) is 11.7. The molecule has 0 aliphatic carbocycles. The van der Waals surface area contributed by atoms with Crippen molar-refractivity contribution in [3.05, 3.63) is 41.6 Å². The van der Waals surface area contributed by atoms with E-state index in [0.29, 0.717) is 11.0 Å². The lowest BCUT2D eigenvalue weighted by Crippen LogP contribution is -2.29. The van der Waals surface area contributed by atoms with Crippen LogP contribution in [0.15, 0.2) is 36.4 Å². The van der Waals surface area contributed by atoms with E-state index < -0.39 is 0 Å². The van der Waals surface area contributed by atoms with Crippen LogP contribution in [0, 0.1) is 5.41 Å². The molecule has 0 unspecified atom stereocenters. The molecule has 4 heteroatoms. The van der Waals surface area contributed by atoms with Crippen LogP contribution in [0.3, 0.4) is 0 Å². The minimum Gasteiger partial charge on any atom is -0.359 e. The molecule has 2 rings (SSSR count). The normalized spacial score (nSPS) is 11.4. The van der Waals surface area contributed by atoms with E-state index in [9.17, 15) is 0 Å². The monoisotopic (exact) mass is 289 g/mol. The molecule has 1 heterocycles. The van der Waals surface area contributed by atoms with E-state index >= 15 is 0 Å². The van der Waals surface area contributed by atoms with Gasteiger partial charge in [0.2, 0.25) is 0 Å². The van der Waals surface area contributed by atoms with Gasteiger partial charge in [0.25, 0.3) is 0 Å². The fraction of sp³-hybridized carbons (Fsp3) is 0.375. The van der Waals surface area contributed by atoms with Gasteiger partial charge in [-0.2, -0.15) is 0 Å². The van der Waals surface area contributed by atoms with Crippen molar-refractivity contribution in [2.24, 2.45) is 5.41 Å². The summed E-state index contributed by atoms with van der Waals surface area (Å²) in [5.74, 6) is 1.51. The Kier molecular flexibility index (Phi) is 4.29. The summed E-state index contributed by atoms with van der Waals surface area (Å²) < 4.78 is 0. The molecule has 0 saturated carbocycles. The Morgan fingerprint density at radius 3 is 2.35 bits per heavy atom. The van der Waals surface area contributed by atoms with E-state index in [2.05, 4.69) is 35.6 Å². The van der Waals surface area contributed by atoms with Gasteiger partial charge < -0.3 is 4.90 Å². The number of benzene rings is 1. The SMILES string of the molecule is CN(CC(C)(C)C)c1cc(Cl)nc(-c2ccccc2)n1. The third-order valence-electron chi connectivity index (χ3n) is 2.82. The third kappa shape index (κ3) is 3.94. The highest BCUT2D eigenvalue weighted by atomic mass is 35.5. The molecule has 3 nitrogen and oxygen atoms in total. The Labute approximate surface area is 125 Å². The van der Waals surface area contributed by atoms with Crippen LogP contribution < -0.4 is 4.90 Å². The van der Waals surface area contributed by atoms with E-state index in [1.54, 1.807) is 6.07 Å². The van der Waals surface area contributed by atoms with Gasteiger partial charge in [0.05, 0.1) is 0 Å². The number of rotatable bonds is 3. The first-order valence-corrected chi connectivity index (χ1v) is 7.04. The van der Waals surface area contributed by atoms with Gasteiger partial charge in [0.15, 0.2) is 5.82 Å². The molecule has 1 aromatic carbocycles. The summed E-state index contributed by atoms with van der Waals surface area (Å²) in [6.07, 6.45) is 0. The van der Waals surface area contributed by atoms with Gasteiger partial charge >= 0.3 is 0 Å². The van der Waals surface area contributed by atoms with Gasteiger partial charge in [0, 0.05) is 25.2 Å². The molecule has 1 aromatic heterocycles. The van der Waals surface area contributed by atoms with Crippen LogP contribution in [0.25, 0.3) is 11.4 Å². The Balaban J connectivity index is 2.34. The van der Waals surface area contributed by atoms with Crippen molar-refractivity contribution in [2.75, 3.05) is 18.5 Å². The van der Waals surface area contributed by atoms with Gasteiger partial charge in [-0.15, -0.1) is 0 Å². The van der Waals surface area contributed by atoms with Crippen molar-refractivity contribution < 1.29 is 0 Å². The Hall–Kier alpha value is -1.61. The van der Waals surface area contributed by atoms with E-state index in [-0.39, 0.29) is 5.41 Å². The lowest BCUT2D eigenvalue weighted by atomic mass is 9.96. The molecule has 0 amide bonds. The first-order valence-electron chi connectivity index (χ1n) is 6.66. The number of nitrogens with zero attached hydrogens (tertiary/aromatic N) is 3. The van der Waals surface area contributed by atoms with Crippen molar-refractivity contribution >= 4 is 17.4 Å². The van der Waals surface area contributed by atoms with Crippen LogP contribution in [0.4, 0.5) is 5.82 Å². The van der Waals surface area contributed by atoms with Gasteiger partial charge in [-0.25, -0.2) is 9.97 Å². The Morgan fingerprint density at radius 2 is 1.75 bits per heavy atom. The molecule has 0 radical (unpaired) electrons. The summed E-state index contributed by atoms with van der Waals surface area (Å²) >= 11 is 6.14. The van der Waals surface area contributed by atoms with Crippen molar-refractivity contribution in [2.45, 2.75) is 20.8 Å². The molecule has 106 valence electrons. The molecular formula is C16H20ClN3. The van der Waals surface area contributed by atoms with Gasteiger partial charge in [-0.1, -0.05) is 62.7 Å². The lowest BCUT2D eigenvalue weighted by Gasteiger charge is -2.27. The van der Waals surface area contributed by atoms with Crippen LogP contribution in [0.2, 0.25) is 5.15 Å². The largest absolute Gasteiger partial charge is 0.359 e. The zero-order valence-electron chi connectivity index (χ0n) is 12.4. The average molecular weight is 290 g/mol. The fourth-order valence-corrected chi connectivity index (χ4v) is 2.29. The molecule has 0 bridgehead atoms. The summed E-state index contributed by atoms with van der Waals surface area (Å²) in [6.45, 7) is 7.49. The van der Waals surface area contributed by atoms with Crippen molar-refractivity contribution in [3.63, 3.8) is 0 Å². The molecule has 2 aromatic rings. The maximum atomic E-state index is 6.14. The van der Waals surface area contributed by atoms with Gasteiger partial charge in [0.1, 0.15) is 11.0 Å². The van der Waals surface area contributed by atoms with Gasteiger partial charge in [-0.3, -0.25) is 0 Å². The van der Waals surface area contributed by atoms with Crippen LogP contribution in [-0.4, -0.2) is 23.6 Å².